The van der Waals surface area contributed by atoms with Crippen LogP contribution >= 0.6 is 15.9 Å². The fourth-order valence-electron chi connectivity index (χ4n) is 1.85. The molecule has 108 valence electrons. The largest absolute Gasteiger partial charge is 0.491 e. The highest BCUT2D eigenvalue weighted by molar-refractivity contribution is 9.10. The van der Waals surface area contributed by atoms with Gasteiger partial charge in [-0.3, -0.25) is 0 Å². The number of halogens is 1. The van der Waals surface area contributed by atoms with Gasteiger partial charge in [0.1, 0.15) is 12.4 Å². The molecule has 0 saturated heterocycles. The zero-order chi connectivity index (χ0) is 14.3. The Balaban J connectivity index is 2.56. The Bertz CT molecular complexity index is 394. The van der Waals surface area contributed by atoms with Crippen LogP contribution in [0.5, 0.6) is 5.75 Å². The highest BCUT2D eigenvalue weighted by Crippen LogP contribution is 2.28. The number of aryl methyl sites for hydroxylation is 1. The molecule has 0 aromatic heterocycles. The lowest BCUT2D eigenvalue weighted by Crippen LogP contribution is -2.13. The molecule has 4 heteroatoms. The average Bonchev–Trinajstić information content (AvgIpc) is 2.31. The van der Waals surface area contributed by atoms with Crippen molar-refractivity contribution in [1.29, 1.82) is 0 Å². The number of hydrogen-bond donors (Lipinski definition) is 1. The van der Waals surface area contributed by atoms with Gasteiger partial charge in [0.2, 0.25) is 0 Å². The van der Waals surface area contributed by atoms with Gasteiger partial charge in [0, 0.05) is 23.2 Å². The lowest BCUT2D eigenvalue weighted by Gasteiger charge is -2.15. The Kier molecular flexibility index (Phi) is 7.42. The smallest absolute Gasteiger partial charge is 0.126 e. The van der Waals surface area contributed by atoms with Crippen LogP contribution in [0.15, 0.2) is 16.6 Å². The van der Waals surface area contributed by atoms with Gasteiger partial charge in [-0.15, -0.1) is 0 Å². The van der Waals surface area contributed by atoms with Gasteiger partial charge in [0.05, 0.1) is 6.61 Å². The minimum absolute atomic E-state index is 0.564. The van der Waals surface area contributed by atoms with Crippen molar-refractivity contribution in [2.75, 3.05) is 26.9 Å². The third-order valence-electron chi connectivity index (χ3n) is 2.61. The number of benzene rings is 1. The minimum atomic E-state index is 0.564. The monoisotopic (exact) mass is 329 g/mol. The van der Waals surface area contributed by atoms with Crippen molar-refractivity contribution in [2.45, 2.75) is 27.3 Å². The molecule has 0 aliphatic heterocycles. The zero-order valence-corrected chi connectivity index (χ0v) is 13.8. The SMILES string of the molecule is CNCc1cc(Br)cc(C)c1OCCOCC(C)C. The van der Waals surface area contributed by atoms with Crippen LogP contribution in [0, 0.1) is 12.8 Å². The maximum Gasteiger partial charge on any atom is 0.126 e. The van der Waals surface area contributed by atoms with Crippen molar-refractivity contribution in [2.24, 2.45) is 5.92 Å². The molecule has 0 aliphatic carbocycles. The van der Waals surface area contributed by atoms with E-state index in [9.17, 15) is 0 Å². The highest BCUT2D eigenvalue weighted by Gasteiger charge is 2.08. The first-order valence-corrected chi connectivity index (χ1v) is 7.48. The average molecular weight is 330 g/mol. The van der Waals surface area contributed by atoms with Gasteiger partial charge in [-0.2, -0.15) is 0 Å². The molecule has 19 heavy (non-hydrogen) atoms. The molecule has 1 aromatic carbocycles. The number of rotatable bonds is 8. The molecule has 0 unspecified atom stereocenters. The summed E-state index contributed by atoms with van der Waals surface area (Å²) in [6, 6.07) is 4.16. The summed E-state index contributed by atoms with van der Waals surface area (Å²) in [7, 11) is 1.94. The zero-order valence-electron chi connectivity index (χ0n) is 12.3. The Hall–Kier alpha value is -0.580. The summed E-state index contributed by atoms with van der Waals surface area (Å²) in [6.07, 6.45) is 0. The van der Waals surface area contributed by atoms with Crippen molar-refractivity contribution in [1.82, 2.24) is 5.32 Å². The Morgan fingerprint density at radius 3 is 2.63 bits per heavy atom. The van der Waals surface area contributed by atoms with E-state index in [4.69, 9.17) is 9.47 Å². The molecule has 1 aromatic rings. The van der Waals surface area contributed by atoms with Crippen LogP contribution in [0.25, 0.3) is 0 Å². The first-order valence-electron chi connectivity index (χ1n) is 6.68. The predicted octanol–water partition coefficient (Wildman–Crippen LogP) is 3.53. The second kappa shape index (κ2) is 8.56. The maximum atomic E-state index is 5.87. The van der Waals surface area contributed by atoms with Crippen LogP contribution < -0.4 is 10.1 Å². The van der Waals surface area contributed by atoms with Crippen LogP contribution in [0.2, 0.25) is 0 Å². The first kappa shape index (κ1) is 16.5. The second-order valence-electron chi connectivity index (χ2n) is 5.06. The van der Waals surface area contributed by atoms with Crippen LogP contribution in [-0.2, 0) is 11.3 Å². The van der Waals surface area contributed by atoms with Gasteiger partial charge < -0.3 is 14.8 Å². The van der Waals surface area contributed by atoms with E-state index < -0.39 is 0 Å². The third-order valence-corrected chi connectivity index (χ3v) is 3.07. The molecule has 1 rings (SSSR count). The quantitative estimate of drug-likeness (QED) is 0.740. The fraction of sp³-hybridized carbons (Fsp3) is 0.600. The standard InChI is InChI=1S/C15H24BrNO2/c1-11(2)10-18-5-6-19-15-12(3)7-14(16)8-13(15)9-17-4/h7-8,11,17H,5-6,9-10H2,1-4H3. The van der Waals surface area contributed by atoms with Crippen molar-refractivity contribution in [3.63, 3.8) is 0 Å². The predicted molar refractivity (Wildman–Crippen MR) is 82.8 cm³/mol. The van der Waals surface area contributed by atoms with Crippen LogP contribution in [-0.4, -0.2) is 26.9 Å². The third kappa shape index (κ3) is 5.93. The molecule has 0 amide bonds. The molecule has 0 fully saturated rings. The Morgan fingerprint density at radius 2 is 2.00 bits per heavy atom. The van der Waals surface area contributed by atoms with E-state index in [1.54, 1.807) is 0 Å². The van der Waals surface area contributed by atoms with E-state index in [1.807, 2.05) is 7.05 Å². The molecule has 0 bridgehead atoms. The number of hydrogen-bond acceptors (Lipinski definition) is 3. The molecule has 0 spiro atoms. The molecule has 0 atom stereocenters. The molecule has 1 N–H and O–H groups in total. The van der Waals surface area contributed by atoms with Crippen molar-refractivity contribution in [3.05, 3.63) is 27.7 Å². The van der Waals surface area contributed by atoms with E-state index >= 15 is 0 Å². The molecular weight excluding hydrogens is 306 g/mol. The van der Waals surface area contributed by atoms with E-state index in [0.29, 0.717) is 19.1 Å². The van der Waals surface area contributed by atoms with Gasteiger partial charge in [-0.25, -0.2) is 0 Å². The van der Waals surface area contributed by atoms with Gasteiger partial charge in [0.25, 0.3) is 0 Å². The molecule has 0 radical (unpaired) electrons. The second-order valence-corrected chi connectivity index (χ2v) is 5.97. The summed E-state index contributed by atoms with van der Waals surface area (Å²) in [5.41, 5.74) is 2.31. The van der Waals surface area contributed by atoms with Crippen molar-refractivity contribution >= 4 is 15.9 Å². The summed E-state index contributed by atoms with van der Waals surface area (Å²) in [4.78, 5) is 0. The normalized spacial score (nSPS) is 11.1. The molecule has 0 aliphatic rings. The number of nitrogens with one attached hydrogen (secondary N) is 1. The molecule has 3 nitrogen and oxygen atoms in total. The number of ether oxygens (including phenoxy) is 2. The maximum absolute atomic E-state index is 5.87. The summed E-state index contributed by atoms with van der Waals surface area (Å²) in [6.45, 7) is 9.15. The van der Waals surface area contributed by atoms with Gasteiger partial charge in [-0.1, -0.05) is 29.8 Å². The van der Waals surface area contributed by atoms with E-state index in [2.05, 4.69) is 54.2 Å². The summed E-state index contributed by atoms with van der Waals surface area (Å²) in [5, 5.41) is 3.16. The van der Waals surface area contributed by atoms with Crippen molar-refractivity contribution < 1.29 is 9.47 Å². The Labute approximate surface area is 124 Å². The topological polar surface area (TPSA) is 30.5 Å². The van der Waals surface area contributed by atoms with Crippen LogP contribution in [0.3, 0.4) is 0 Å². The highest BCUT2D eigenvalue weighted by atomic mass is 79.9. The fourth-order valence-corrected chi connectivity index (χ4v) is 2.47. The summed E-state index contributed by atoms with van der Waals surface area (Å²) < 4.78 is 12.5. The molecule has 0 saturated carbocycles. The Morgan fingerprint density at radius 1 is 1.26 bits per heavy atom. The van der Waals surface area contributed by atoms with Gasteiger partial charge in [0.15, 0.2) is 0 Å². The minimum Gasteiger partial charge on any atom is -0.491 e. The van der Waals surface area contributed by atoms with Crippen LogP contribution in [0.4, 0.5) is 0 Å². The summed E-state index contributed by atoms with van der Waals surface area (Å²) >= 11 is 3.52. The van der Waals surface area contributed by atoms with Gasteiger partial charge >= 0.3 is 0 Å². The van der Waals surface area contributed by atoms with Crippen LogP contribution in [0.1, 0.15) is 25.0 Å². The lowest BCUT2D eigenvalue weighted by molar-refractivity contribution is 0.0814. The van der Waals surface area contributed by atoms with Crippen molar-refractivity contribution in [3.8, 4) is 5.75 Å². The van der Waals surface area contributed by atoms with Gasteiger partial charge in [-0.05, 0) is 37.6 Å². The van der Waals surface area contributed by atoms with E-state index in [0.717, 1.165) is 28.9 Å². The molecule has 0 heterocycles. The molecular formula is C15H24BrNO2. The first-order chi connectivity index (χ1) is 9.04. The summed E-state index contributed by atoms with van der Waals surface area (Å²) in [5.74, 6) is 1.53. The lowest BCUT2D eigenvalue weighted by atomic mass is 10.1. The van der Waals surface area contributed by atoms with E-state index in [-0.39, 0.29) is 0 Å². The van der Waals surface area contributed by atoms with E-state index in [1.165, 1.54) is 5.56 Å².